The number of benzene rings is 2. The number of rotatable bonds is 3. The van der Waals surface area contributed by atoms with Gasteiger partial charge in [-0.05, 0) is 52.7 Å². The Hall–Kier alpha value is -0.910. The molecule has 0 aliphatic rings. The Morgan fingerprint density at radius 3 is 2.37 bits per heavy atom. The van der Waals surface area contributed by atoms with Crippen LogP contribution in [0.4, 0.5) is 8.78 Å². The van der Waals surface area contributed by atoms with Gasteiger partial charge in [-0.1, -0.05) is 17.8 Å². The van der Waals surface area contributed by atoms with Crippen LogP contribution in [0.15, 0.2) is 50.7 Å². The van der Waals surface area contributed by atoms with E-state index >= 15 is 0 Å². The van der Waals surface area contributed by atoms with E-state index in [1.165, 1.54) is 23.9 Å². The van der Waals surface area contributed by atoms with Crippen LogP contribution in [0.25, 0.3) is 0 Å². The molecule has 0 aliphatic carbocycles. The summed E-state index contributed by atoms with van der Waals surface area (Å²) in [5, 5.41) is 9.47. The van der Waals surface area contributed by atoms with Crippen LogP contribution in [0.3, 0.4) is 0 Å². The van der Waals surface area contributed by atoms with E-state index in [-0.39, 0.29) is 0 Å². The van der Waals surface area contributed by atoms with Gasteiger partial charge in [0.1, 0.15) is 11.6 Å². The summed E-state index contributed by atoms with van der Waals surface area (Å²) in [5.74, 6) is -1.18. The molecule has 19 heavy (non-hydrogen) atoms. The molecule has 1 unspecified atom stereocenters. The summed E-state index contributed by atoms with van der Waals surface area (Å²) in [5.41, 5.74) is 0.774. The predicted molar refractivity (Wildman–Crippen MR) is 75.3 cm³/mol. The van der Waals surface area contributed by atoms with Gasteiger partial charge in [0.2, 0.25) is 0 Å². The van der Waals surface area contributed by atoms with Crippen molar-refractivity contribution in [1.82, 2.24) is 0 Å². The fourth-order valence-electron chi connectivity index (χ4n) is 1.54. The molecule has 0 amide bonds. The lowest BCUT2D eigenvalue weighted by atomic mass is 10.1. The minimum absolute atomic E-state index is 0.354. The van der Waals surface area contributed by atoms with E-state index in [0.29, 0.717) is 4.90 Å². The first-order chi connectivity index (χ1) is 8.97. The van der Waals surface area contributed by atoms with Gasteiger partial charge in [0, 0.05) is 20.3 Å². The van der Waals surface area contributed by atoms with Crippen LogP contribution in [-0.2, 0) is 0 Å². The second-order valence-electron chi connectivity index (χ2n) is 4.04. The fourth-order valence-corrected chi connectivity index (χ4v) is 3.00. The van der Waals surface area contributed by atoms with Crippen LogP contribution in [0.5, 0.6) is 0 Å². The van der Waals surface area contributed by atoms with Crippen molar-refractivity contribution in [2.45, 2.75) is 22.8 Å². The maximum Gasteiger partial charge on any atom is 0.140 e. The van der Waals surface area contributed by atoms with E-state index in [4.69, 9.17) is 0 Å². The molecule has 1 N–H and O–H groups in total. The summed E-state index contributed by atoms with van der Waals surface area (Å²) in [4.78, 5) is 1.15. The van der Waals surface area contributed by atoms with Gasteiger partial charge in [-0.2, -0.15) is 0 Å². The van der Waals surface area contributed by atoms with Crippen LogP contribution >= 0.6 is 27.7 Å². The largest absolute Gasteiger partial charge is 0.389 e. The van der Waals surface area contributed by atoms with Gasteiger partial charge in [-0.15, -0.1) is 0 Å². The summed E-state index contributed by atoms with van der Waals surface area (Å²) in [6, 6.07) is 8.85. The molecule has 0 saturated carbocycles. The first kappa shape index (κ1) is 14.5. The standard InChI is InChI=1S/C14H11BrF2OS/c1-8(18)9-2-4-13(11(15)6-9)19-14-5-3-10(16)7-12(14)17/h2-8,18H,1H3. The van der Waals surface area contributed by atoms with Crippen LogP contribution < -0.4 is 0 Å². The Morgan fingerprint density at radius 2 is 1.79 bits per heavy atom. The lowest BCUT2D eigenvalue weighted by Gasteiger charge is -2.09. The summed E-state index contributed by atoms with van der Waals surface area (Å²) in [7, 11) is 0. The zero-order chi connectivity index (χ0) is 14.0. The molecule has 2 aromatic carbocycles. The number of halogens is 3. The van der Waals surface area contributed by atoms with Crippen molar-refractivity contribution in [1.29, 1.82) is 0 Å². The van der Waals surface area contributed by atoms with Crippen LogP contribution in [0, 0.1) is 11.6 Å². The topological polar surface area (TPSA) is 20.2 Å². The van der Waals surface area contributed by atoms with Crippen molar-refractivity contribution in [3.8, 4) is 0 Å². The Kier molecular flexibility index (Phi) is 4.60. The summed E-state index contributed by atoms with van der Waals surface area (Å²) < 4.78 is 27.1. The normalized spacial score (nSPS) is 12.5. The molecular weight excluding hydrogens is 334 g/mol. The van der Waals surface area contributed by atoms with Crippen LogP contribution in [-0.4, -0.2) is 5.11 Å². The average Bonchev–Trinajstić information content (AvgIpc) is 2.34. The molecule has 1 atom stereocenters. The molecular formula is C14H11BrF2OS. The smallest absolute Gasteiger partial charge is 0.140 e. The molecule has 0 aromatic heterocycles. The van der Waals surface area contributed by atoms with Crippen LogP contribution in [0.2, 0.25) is 0 Å². The van der Waals surface area contributed by atoms with E-state index in [1.807, 2.05) is 0 Å². The molecule has 0 heterocycles. The lowest BCUT2D eigenvalue weighted by molar-refractivity contribution is 0.199. The second-order valence-corrected chi connectivity index (χ2v) is 5.98. The maximum absolute atomic E-state index is 13.6. The van der Waals surface area contributed by atoms with Crippen molar-refractivity contribution >= 4 is 27.7 Å². The highest BCUT2D eigenvalue weighted by molar-refractivity contribution is 9.10. The molecule has 5 heteroatoms. The minimum Gasteiger partial charge on any atom is -0.389 e. The molecule has 2 rings (SSSR count). The Balaban J connectivity index is 2.28. The highest BCUT2D eigenvalue weighted by Gasteiger charge is 2.10. The van der Waals surface area contributed by atoms with Crippen molar-refractivity contribution in [3.63, 3.8) is 0 Å². The molecule has 1 nitrogen and oxygen atoms in total. The van der Waals surface area contributed by atoms with Gasteiger partial charge in [0.15, 0.2) is 0 Å². The molecule has 0 bridgehead atoms. The monoisotopic (exact) mass is 344 g/mol. The zero-order valence-corrected chi connectivity index (χ0v) is 12.4. The molecule has 0 fully saturated rings. The highest BCUT2D eigenvalue weighted by Crippen LogP contribution is 2.36. The molecule has 0 spiro atoms. The third-order valence-corrected chi connectivity index (χ3v) is 4.60. The van der Waals surface area contributed by atoms with Crippen molar-refractivity contribution < 1.29 is 13.9 Å². The average molecular weight is 345 g/mol. The second kappa shape index (κ2) is 6.03. The van der Waals surface area contributed by atoms with Gasteiger partial charge in [0.05, 0.1) is 6.10 Å². The van der Waals surface area contributed by atoms with Gasteiger partial charge in [-0.3, -0.25) is 0 Å². The molecule has 100 valence electrons. The van der Waals surface area contributed by atoms with E-state index in [9.17, 15) is 13.9 Å². The Bertz CT molecular complexity index is 602. The maximum atomic E-state index is 13.6. The third kappa shape index (κ3) is 3.55. The van der Waals surface area contributed by atoms with E-state index in [2.05, 4.69) is 15.9 Å². The van der Waals surface area contributed by atoms with Gasteiger partial charge in [-0.25, -0.2) is 8.78 Å². The number of hydrogen-bond acceptors (Lipinski definition) is 2. The fraction of sp³-hybridized carbons (Fsp3) is 0.143. The molecule has 2 aromatic rings. The summed E-state index contributed by atoms with van der Waals surface area (Å²) in [6.45, 7) is 1.67. The summed E-state index contributed by atoms with van der Waals surface area (Å²) >= 11 is 4.58. The SMILES string of the molecule is CC(O)c1ccc(Sc2ccc(F)cc2F)c(Br)c1. The zero-order valence-electron chi connectivity index (χ0n) is 10.0. The van der Waals surface area contributed by atoms with Gasteiger partial charge < -0.3 is 5.11 Å². The first-order valence-electron chi connectivity index (χ1n) is 5.58. The summed E-state index contributed by atoms with van der Waals surface area (Å²) in [6.07, 6.45) is -0.557. The van der Waals surface area contributed by atoms with Crippen molar-refractivity contribution in [3.05, 3.63) is 58.1 Å². The van der Waals surface area contributed by atoms with Crippen LogP contribution in [0.1, 0.15) is 18.6 Å². The van der Waals surface area contributed by atoms with Crippen molar-refractivity contribution in [2.24, 2.45) is 0 Å². The van der Waals surface area contributed by atoms with E-state index in [0.717, 1.165) is 21.0 Å². The quantitative estimate of drug-likeness (QED) is 0.851. The Morgan fingerprint density at radius 1 is 1.11 bits per heavy atom. The third-order valence-electron chi connectivity index (χ3n) is 2.55. The van der Waals surface area contributed by atoms with E-state index in [1.54, 1.807) is 25.1 Å². The molecule has 0 aliphatic heterocycles. The lowest BCUT2D eigenvalue weighted by Crippen LogP contribution is -1.91. The van der Waals surface area contributed by atoms with E-state index < -0.39 is 17.7 Å². The number of hydrogen-bond donors (Lipinski definition) is 1. The Labute approximate surface area is 122 Å². The number of aliphatic hydroxyl groups is 1. The molecule has 0 radical (unpaired) electrons. The highest BCUT2D eigenvalue weighted by atomic mass is 79.9. The van der Waals surface area contributed by atoms with Crippen molar-refractivity contribution in [2.75, 3.05) is 0 Å². The van der Waals surface area contributed by atoms with Gasteiger partial charge in [0.25, 0.3) is 0 Å². The predicted octanol–water partition coefficient (Wildman–Crippen LogP) is 4.93. The minimum atomic E-state index is -0.592. The van der Waals surface area contributed by atoms with Gasteiger partial charge >= 0.3 is 0 Å². The number of aliphatic hydroxyl groups excluding tert-OH is 1. The molecule has 0 saturated heterocycles. The first-order valence-corrected chi connectivity index (χ1v) is 7.18.